The smallest absolute Gasteiger partial charge is 0.262 e. The van der Waals surface area contributed by atoms with Crippen molar-refractivity contribution in [2.24, 2.45) is 0 Å². The van der Waals surface area contributed by atoms with Crippen molar-refractivity contribution in [1.29, 1.82) is 5.26 Å². The zero-order valence-electron chi connectivity index (χ0n) is 16.3. The average Bonchev–Trinajstić information content (AvgIpc) is 3.15. The molecule has 31 heavy (non-hydrogen) atoms. The molecule has 2 N–H and O–H groups in total. The molecule has 2 aromatic heterocycles. The first-order valence-corrected chi connectivity index (χ1v) is 9.94. The molecule has 0 unspecified atom stereocenters. The van der Waals surface area contributed by atoms with Gasteiger partial charge in [-0.2, -0.15) is 5.26 Å². The van der Waals surface area contributed by atoms with E-state index in [4.69, 9.17) is 17.5 Å². The Morgan fingerprint density at radius 1 is 1.29 bits per heavy atom. The van der Waals surface area contributed by atoms with E-state index in [0.29, 0.717) is 40.2 Å². The molecule has 0 spiro atoms. The van der Waals surface area contributed by atoms with Gasteiger partial charge in [-0.1, -0.05) is 18.2 Å². The van der Waals surface area contributed by atoms with Gasteiger partial charge < -0.3 is 5.32 Å². The summed E-state index contributed by atoms with van der Waals surface area (Å²) >= 11 is 5.26. The number of halogens is 1. The number of H-pyrrole nitrogens is 1. The number of aromatic amines is 1. The highest BCUT2D eigenvalue weighted by molar-refractivity contribution is 7.71. The van der Waals surface area contributed by atoms with Crippen LogP contribution in [-0.4, -0.2) is 31.6 Å². The molecule has 8 nitrogen and oxygen atoms in total. The van der Waals surface area contributed by atoms with Crippen molar-refractivity contribution in [3.8, 4) is 6.07 Å². The van der Waals surface area contributed by atoms with E-state index in [2.05, 4.69) is 21.6 Å². The second-order valence-corrected chi connectivity index (χ2v) is 7.32. The van der Waals surface area contributed by atoms with Crippen LogP contribution < -0.4 is 10.9 Å². The number of aryl methyl sites for hydroxylation is 1. The topological polar surface area (TPSA) is 108 Å². The van der Waals surface area contributed by atoms with Crippen molar-refractivity contribution >= 4 is 34.8 Å². The number of aromatic nitrogens is 4. The van der Waals surface area contributed by atoms with Crippen molar-refractivity contribution in [3.63, 3.8) is 0 Å². The number of hydrogen-bond donors (Lipinski definition) is 2. The van der Waals surface area contributed by atoms with Crippen molar-refractivity contribution < 1.29 is 9.18 Å². The van der Waals surface area contributed by atoms with Crippen molar-refractivity contribution in [3.05, 3.63) is 74.5 Å². The van der Waals surface area contributed by atoms with Crippen LogP contribution in [0.4, 0.5) is 4.39 Å². The standard InChI is InChI=1S/C21H17FN6O2S/c22-15-6-7-17-16(11-15)19(30)27(20-25-26-21(31)28(17)20)9-3-8-24-18(29)10-13-4-1-2-5-14(13)12-23/h1-2,4-7,11H,3,8-10H2,(H,24,29)(H,26,31). The largest absolute Gasteiger partial charge is 0.356 e. The highest BCUT2D eigenvalue weighted by Crippen LogP contribution is 2.15. The fraction of sp³-hybridized carbons (Fsp3) is 0.190. The first kappa shape index (κ1) is 20.4. The molecule has 4 rings (SSSR count). The zero-order chi connectivity index (χ0) is 22.0. The van der Waals surface area contributed by atoms with Crippen LogP contribution in [0, 0.1) is 21.9 Å². The molecule has 0 fully saturated rings. The van der Waals surface area contributed by atoms with Crippen molar-refractivity contribution in [1.82, 2.24) is 24.5 Å². The summed E-state index contributed by atoms with van der Waals surface area (Å²) < 4.78 is 17.0. The predicted molar refractivity (Wildman–Crippen MR) is 115 cm³/mol. The third-order valence-electron chi connectivity index (χ3n) is 4.94. The van der Waals surface area contributed by atoms with E-state index in [0.717, 1.165) is 0 Å². The fourth-order valence-electron chi connectivity index (χ4n) is 3.48. The maximum Gasteiger partial charge on any atom is 0.262 e. The number of nitrogens with one attached hydrogen (secondary N) is 2. The molecule has 2 heterocycles. The van der Waals surface area contributed by atoms with E-state index in [1.54, 1.807) is 28.7 Å². The van der Waals surface area contributed by atoms with E-state index < -0.39 is 5.82 Å². The summed E-state index contributed by atoms with van der Waals surface area (Å²) in [6.45, 7) is 0.571. The van der Waals surface area contributed by atoms with Crippen LogP contribution in [0.1, 0.15) is 17.5 Å². The molecule has 0 aliphatic heterocycles. The number of carbonyl (C=O) groups is 1. The van der Waals surface area contributed by atoms with Gasteiger partial charge in [0.15, 0.2) is 0 Å². The van der Waals surface area contributed by atoms with Gasteiger partial charge in [-0.3, -0.25) is 18.6 Å². The Morgan fingerprint density at radius 2 is 2.10 bits per heavy atom. The Balaban J connectivity index is 1.50. The SMILES string of the molecule is N#Cc1ccccc1CC(=O)NCCCn1c(=O)c2cc(F)ccc2n2c(=S)[nH]nc12. The number of carbonyl (C=O) groups excluding carboxylic acids is 1. The second kappa shape index (κ2) is 8.49. The number of nitrogens with zero attached hydrogens (tertiary/aromatic N) is 4. The molecule has 0 aliphatic carbocycles. The number of amides is 1. The van der Waals surface area contributed by atoms with Crippen LogP contribution >= 0.6 is 12.2 Å². The highest BCUT2D eigenvalue weighted by Gasteiger charge is 2.14. The quantitative estimate of drug-likeness (QED) is 0.357. The second-order valence-electron chi connectivity index (χ2n) is 6.93. The number of benzene rings is 2. The van der Waals surface area contributed by atoms with E-state index in [9.17, 15) is 14.0 Å². The van der Waals surface area contributed by atoms with Crippen molar-refractivity contribution in [2.45, 2.75) is 19.4 Å². The van der Waals surface area contributed by atoms with Gasteiger partial charge in [-0.15, -0.1) is 5.10 Å². The normalized spacial score (nSPS) is 11.0. The van der Waals surface area contributed by atoms with Crippen LogP contribution in [0.2, 0.25) is 0 Å². The van der Waals surface area contributed by atoms with Crippen LogP contribution in [0.5, 0.6) is 0 Å². The minimum atomic E-state index is -0.518. The Hall–Kier alpha value is -3.84. The minimum absolute atomic E-state index is 0.0949. The molecule has 0 saturated carbocycles. The molecule has 0 saturated heterocycles. The van der Waals surface area contributed by atoms with Gasteiger partial charge in [0.05, 0.1) is 29.0 Å². The van der Waals surface area contributed by atoms with Crippen LogP contribution in [0.15, 0.2) is 47.3 Å². The number of hydrogen-bond acceptors (Lipinski definition) is 5. The lowest BCUT2D eigenvalue weighted by Gasteiger charge is -2.11. The summed E-state index contributed by atoms with van der Waals surface area (Å²) in [4.78, 5) is 25.1. The van der Waals surface area contributed by atoms with Gasteiger partial charge in [0.25, 0.3) is 5.56 Å². The summed E-state index contributed by atoms with van der Waals surface area (Å²) in [7, 11) is 0. The summed E-state index contributed by atoms with van der Waals surface area (Å²) in [6, 6.07) is 12.9. The number of fused-ring (bicyclic) bond motifs is 3. The Bertz CT molecular complexity index is 1460. The first-order valence-electron chi connectivity index (χ1n) is 9.53. The van der Waals surface area contributed by atoms with Gasteiger partial charge >= 0.3 is 0 Å². The molecule has 156 valence electrons. The Morgan fingerprint density at radius 3 is 2.90 bits per heavy atom. The maximum absolute atomic E-state index is 13.7. The predicted octanol–water partition coefficient (Wildman–Crippen LogP) is 2.47. The molecular formula is C21H17FN6O2S. The first-order chi connectivity index (χ1) is 15.0. The van der Waals surface area contributed by atoms with Crippen LogP contribution in [-0.2, 0) is 17.8 Å². The van der Waals surface area contributed by atoms with Crippen LogP contribution in [0.25, 0.3) is 16.7 Å². The van der Waals surface area contributed by atoms with Crippen molar-refractivity contribution in [2.75, 3.05) is 6.54 Å². The molecule has 4 aromatic rings. The lowest BCUT2D eigenvalue weighted by atomic mass is 10.1. The number of rotatable bonds is 6. The maximum atomic E-state index is 13.7. The fourth-order valence-corrected chi connectivity index (χ4v) is 3.71. The molecule has 10 heteroatoms. The lowest BCUT2D eigenvalue weighted by Crippen LogP contribution is -2.29. The summed E-state index contributed by atoms with van der Waals surface area (Å²) in [5.41, 5.74) is 1.21. The summed E-state index contributed by atoms with van der Waals surface area (Å²) in [6.07, 6.45) is 0.541. The Kier molecular flexibility index (Phi) is 5.60. The Labute approximate surface area is 180 Å². The lowest BCUT2D eigenvalue weighted by molar-refractivity contribution is -0.120. The van der Waals surface area contributed by atoms with Gasteiger partial charge in [0.2, 0.25) is 16.5 Å². The number of nitriles is 1. The molecular weight excluding hydrogens is 419 g/mol. The zero-order valence-corrected chi connectivity index (χ0v) is 17.1. The van der Waals surface area contributed by atoms with E-state index in [1.807, 2.05) is 0 Å². The third-order valence-corrected chi connectivity index (χ3v) is 5.21. The monoisotopic (exact) mass is 436 g/mol. The highest BCUT2D eigenvalue weighted by atomic mass is 32.1. The summed E-state index contributed by atoms with van der Waals surface area (Å²) in [5.74, 6) is -0.415. The third kappa shape index (κ3) is 3.95. The van der Waals surface area contributed by atoms with E-state index >= 15 is 0 Å². The van der Waals surface area contributed by atoms with E-state index in [-0.39, 0.29) is 29.8 Å². The minimum Gasteiger partial charge on any atom is -0.356 e. The van der Waals surface area contributed by atoms with Gasteiger partial charge in [0, 0.05) is 13.1 Å². The van der Waals surface area contributed by atoms with Crippen LogP contribution in [0.3, 0.4) is 0 Å². The molecule has 1 amide bonds. The molecule has 0 atom stereocenters. The average molecular weight is 436 g/mol. The van der Waals surface area contributed by atoms with Gasteiger partial charge in [-0.05, 0) is 48.5 Å². The molecule has 2 aromatic carbocycles. The molecule has 0 aliphatic rings. The molecule has 0 bridgehead atoms. The summed E-state index contributed by atoms with van der Waals surface area (Å²) in [5, 5.41) is 18.9. The molecule has 0 radical (unpaired) electrons. The van der Waals surface area contributed by atoms with Gasteiger partial charge in [-0.25, -0.2) is 9.49 Å². The van der Waals surface area contributed by atoms with E-state index in [1.165, 1.54) is 22.8 Å². The van der Waals surface area contributed by atoms with Gasteiger partial charge in [0.1, 0.15) is 5.82 Å².